The van der Waals surface area contributed by atoms with Crippen molar-refractivity contribution in [3.05, 3.63) is 16.9 Å². The van der Waals surface area contributed by atoms with Gasteiger partial charge in [0.15, 0.2) is 5.78 Å². The SMILES string of the molecule is CCn1ncc(Cl)c1C(=O)C1(CC)CCNC1. The maximum Gasteiger partial charge on any atom is 0.189 e. The van der Waals surface area contributed by atoms with Gasteiger partial charge in [-0.1, -0.05) is 18.5 Å². The van der Waals surface area contributed by atoms with E-state index in [9.17, 15) is 4.79 Å². The van der Waals surface area contributed by atoms with Gasteiger partial charge in [-0.15, -0.1) is 0 Å². The van der Waals surface area contributed by atoms with Crippen LogP contribution in [0, 0.1) is 5.41 Å². The Hall–Kier alpha value is -0.870. The molecule has 1 N–H and O–H groups in total. The third-order valence-corrected chi connectivity index (χ3v) is 3.99. The van der Waals surface area contributed by atoms with E-state index in [0.29, 0.717) is 17.3 Å². The topological polar surface area (TPSA) is 46.9 Å². The van der Waals surface area contributed by atoms with Crippen LogP contribution in [0.25, 0.3) is 0 Å². The Morgan fingerprint density at radius 1 is 1.65 bits per heavy atom. The molecule has 0 aliphatic carbocycles. The van der Waals surface area contributed by atoms with E-state index in [2.05, 4.69) is 17.3 Å². The summed E-state index contributed by atoms with van der Waals surface area (Å²) in [5.41, 5.74) is 0.274. The molecule has 94 valence electrons. The minimum absolute atomic E-state index is 0.134. The maximum absolute atomic E-state index is 12.7. The highest BCUT2D eigenvalue weighted by Crippen LogP contribution is 2.35. The van der Waals surface area contributed by atoms with Crippen molar-refractivity contribution >= 4 is 17.4 Å². The van der Waals surface area contributed by atoms with Crippen LogP contribution in [0.2, 0.25) is 5.02 Å². The number of hydrogen-bond donors (Lipinski definition) is 1. The highest BCUT2D eigenvalue weighted by molar-refractivity contribution is 6.33. The second-order valence-corrected chi connectivity index (χ2v) is 4.95. The van der Waals surface area contributed by atoms with E-state index in [1.54, 1.807) is 10.9 Å². The number of aromatic nitrogens is 2. The number of Topliss-reactive ketones (excluding diaryl/α,β-unsaturated/α-hetero) is 1. The summed E-state index contributed by atoms with van der Waals surface area (Å²) < 4.78 is 1.69. The molecule has 0 amide bonds. The molecular weight excluding hydrogens is 238 g/mol. The number of aryl methyl sites for hydroxylation is 1. The Kier molecular flexibility index (Phi) is 3.54. The average molecular weight is 256 g/mol. The number of ketones is 1. The summed E-state index contributed by atoms with van der Waals surface area (Å²) in [6.07, 6.45) is 3.28. The molecule has 0 spiro atoms. The summed E-state index contributed by atoms with van der Waals surface area (Å²) in [7, 11) is 0. The van der Waals surface area contributed by atoms with E-state index in [0.717, 1.165) is 25.9 Å². The minimum Gasteiger partial charge on any atom is -0.316 e. The molecule has 17 heavy (non-hydrogen) atoms. The van der Waals surface area contributed by atoms with Crippen molar-refractivity contribution in [2.45, 2.75) is 33.2 Å². The van der Waals surface area contributed by atoms with Crippen molar-refractivity contribution in [2.75, 3.05) is 13.1 Å². The maximum atomic E-state index is 12.7. The lowest BCUT2D eigenvalue weighted by Crippen LogP contribution is -2.34. The van der Waals surface area contributed by atoms with Crippen LogP contribution in [0.3, 0.4) is 0 Å². The lowest BCUT2D eigenvalue weighted by Gasteiger charge is -2.25. The van der Waals surface area contributed by atoms with E-state index in [-0.39, 0.29) is 11.2 Å². The van der Waals surface area contributed by atoms with Crippen LogP contribution in [0.15, 0.2) is 6.20 Å². The zero-order valence-electron chi connectivity index (χ0n) is 10.3. The second kappa shape index (κ2) is 4.78. The van der Waals surface area contributed by atoms with Crippen molar-refractivity contribution in [2.24, 2.45) is 5.41 Å². The number of nitrogens with zero attached hydrogens (tertiary/aromatic N) is 2. The Bertz CT molecular complexity index is 421. The van der Waals surface area contributed by atoms with Crippen LogP contribution in [0.4, 0.5) is 0 Å². The fourth-order valence-electron chi connectivity index (χ4n) is 2.48. The molecule has 0 bridgehead atoms. The zero-order valence-corrected chi connectivity index (χ0v) is 11.0. The molecule has 0 radical (unpaired) electrons. The van der Waals surface area contributed by atoms with Crippen LogP contribution >= 0.6 is 11.6 Å². The molecule has 1 atom stereocenters. The smallest absolute Gasteiger partial charge is 0.189 e. The van der Waals surface area contributed by atoms with E-state index in [1.165, 1.54) is 0 Å². The van der Waals surface area contributed by atoms with Gasteiger partial charge in [-0.25, -0.2) is 0 Å². The summed E-state index contributed by atoms with van der Waals surface area (Å²) in [6, 6.07) is 0. The highest BCUT2D eigenvalue weighted by Gasteiger charge is 2.41. The first-order chi connectivity index (χ1) is 8.14. The van der Waals surface area contributed by atoms with Gasteiger partial charge in [-0.3, -0.25) is 9.48 Å². The largest absolute Gasteiger partial charge is 0.316 e. The van der Waals surface area contributed by atoms with Gasteiger partial charge in [0.1, 0.15) is 5.69 Å². The third-order valence-electron chi connectivity index (χ3n) is 3.71. The van der Waals surface area contributed by atoms with Crippen LogP contribution < -0.4 is 5.32 Å². The summed E-state index contributed by atoms with van der Waals surface area (Å²) in [5, 5.41) is 7.87. The average Bonchev–Trinajstić information content (AvgIpc) is 2.95. The molecular formula is C12H18ClN3O. The number of halogens is 1. The molecule has 1 aromatic rings. The Labute approximate surface area is 106 Å². The molecule has 2 rings (SSSR count). The first kappa shape index (κ1) is 12.6. The zero-order chi connectivity index (χ0) is 12.5. The number of carbonyl (C=O) groups excluding carboxylic acids is 1. The molecule has 0 aromatic carbocycles. The van der Waals surface area contributed by atoms with Gasteiger partial charge in [0.05, 0.1) is 11.2 Å². The molecule has 4 nitrogen and oxygen atoms in total. The van der Waals surface area contributed by atoms with Crippen molar-refractivity contribution < 1.29 is 4.79 Å². The van der Waals surface area contributed by atoms with Crippen molar-refractivity contribution in [3.63, 3.8) is 0 Å². The number of carbonyl (C=O) groups is 1. The summed E-state index contributed by atoms with van der Waals surface area (Å²) in [6.45, 7) is 6.34. The van der Waals surface area contributed by atoms with Gasteiger partial charge in [0, 0.05) is 18.5 Å². The van der Waals surface area contributed by atoms with Crippen LogP contribution in [0.5, 0.6) is 0 Å². The van der Waals surface area contributed by atoms with E-state index >= 15 is 0 Å². The second-order valence-electron chi connectivity index (χ2n) is 4.55. The predicted molar refractivity (Wildman–Crippen MR) is 67.5 cm³/mol. The summed E-state index contributed by atoms with van der Waals surface area (Å²) in [5.74, 6) is 0.134. The highest BCUT2D eigenvalue weighted by atomic mass is 35.5. The molecule has 1 saturated heterocycles. The molecule has 1 unspecified atom stereocenters. The Balaban J connectivity index is 2.38. The fourth-order valence-corrected chi connectivity index (χ4v) is 2.71. The summed E-state index contributed by atoms with van der Waals surface area (Å²) in [4.78, 5) is 12.7. The first-order valence-electron chi connectivity index (χ1n) is 6.11. The van der Waals surface area contributed by atoms with Crippen molar-refractivity contribution in [1.29, 1.82) is 0 Å². The third kappa shape index (κ3) is 2.00. The van der Waals surface area contributed by atoms with Gasteiger partial charge >= 0.3 is 0 Å². The summed E-state index contributed by atoms with van der Waals surface area (Å²) >= 11 is 6.09. The molecule has 5 heteroatoms. The monoisotopic (exact) mass is 255 g/mol. The van der Waals surface area contributed by atoms with Crippen molar-refractivity contribution in [3.8, 4) is 0 Å². The number of hydrogen-bond acceptors (Lipinski definition) is 3. The Morgan fingerprint density at radius 2 is 2.41 bits per heavy atom. The lowest BCUT2D eigenvalue weighted by molar-refractivity contribution is 0.0798. The molecule has 1 aromatic heterocycles. The fraction of sp³-hybridized carbons (Fsp3) is 0.667. The molecule has 1 fully saturated rings. The first-order valence-corrected chi connectivity index (χ1v) is 6.49. The standard InChI is InChI=1S/C12H18ClN3O/c1-3-12(5-6-14-8-12)11(17)10-9(13)7-15-16(10)4-2/h7,14H,3-6,8H2,1-2H3. The van der Waals surface area contributed by atoms with Crippen LogP contribution in [-0.4, -0.2) is 28.7 Å². The van der Waals surface area contributed by atoms with Gasteiger partial charge in [-0.05, 0) is 26.3 Å². The molecule has 1 aliphatic heterocycles. The molecule has 0 saturated carbocycles. The minimum atomic E-state index is -0.295. The van der Waals surface area contributed by atoms with Crippen molar-refractivity contribution in [1.82, 2.24) is 15.1 Å². The van der Waals surface area contributed by atoms with Crippen LogP contribution in [-0.2, 0) is 6.54 Å². The van der Waals surface area contributed by atoms with Crippen LogP contribution in [0.1, 0.15) is 37.2 Å². The van der Waals surface area contributed by atoms with Gasteiger partial charge in [0.25, 0.3) is 0 Å². The van der Waals surface area contributed by atoms with Gasteiger partial charge in [-0.2, -0.15) is 5.10 Å². The number of nitrogens with one attached hydrogen (secondary N) is 1. The Morgan fingerprint density at radius 3 is 2.94 bits per heavy atom. The quantitative estimate of drug-likeness (QED) is 0.839. The molecule has 2 heterocycles. The molecule has 1 aliphatic rings. The van der Waals surface area contributed by atoms with E-state index < -0.39 is 0 Å². The van der Waals surface area contributed by atoms with E-state index in [4.69, 9.17) is 11.6 Å². The normalized spacial score (nSPS) is 24.2. The number of rotatable bonds is 4. The van der Waals surface area contributed by atoms with Gasteiger partial charge < -0.3 is 5.32 Å². The van der Waals surface area contributed by atoms with E-state index in [1.807, 2.05) is 6.92 Å². The predicted octanol–water partition coefficient (Wildman–Crippen LogP) is 2.13. The van der Waals surface area contributed by atoms with Gasteiger partial charge in [0.2, 0.25) is 0 Å². The lowest BCUT2D eigenvalue weighted by atomic mass is 9.78.